The first-order chi connectivity index (χ1) is 13.2. The molecule has 1 amide bonds. The third-order valence-corrected chi connectivity index (χ3v) is 8.31. The van der Waals surface area contributed by atoms with Crippen LogP contribution in [0.5, 0.6) is 5.75 Å². The van der Waals surface area contributed by atoms with E-state index in [1.165, 1.54) is 12.1 Å². The van der Waals surface area contributed by atoms with Gasteiger partial charge in [0, 0.05) is 6.07 Å². The molecule has 1 aromatic rings. The number of halogens is 1. The van der Waals surface area contributed by atoms with Crippen molar-refractivity contribution in [3.05, 3.63) is 29.6 Å². The summed E-state index contributed by atoms with van der Waals surface area (Å²) in [6, 6.07) is 4.18. The quantitative estimate of drug-likeness (QED) is 0.374. The Kier molecular flexibility index (Phi) is 8.73. The molecule has 162 valence electrons. The Hall–Kier alpha value is -2.04. The molecule has 1 aromatic carbocycles. The number of carbonyl (C=O) groups is 1. The number of alkyl carbamates (subject to hydrolysis) is 1. The number of amides is 1. The van der Waals surface area contributed by atoms with Gasteiger partial charge in [0.1, 0.15) is 17.2 Å². The van der Waals surface area contributed by atoms with E-state index in [0.717, 1.165) is 12.8 Å². The molecule has 0 unspecified atom stereocenters. The summed E-state index contributed by atoms with van der Waals surface area (Å²) in [4.78, 5) is 22.0. The van der Waals surface area contributed by atoms with Crippen LogP contribution in [0.4, 0.5) is 9.18 Å². The molecule has 0 atom stereocenters. The number of hydrogen-bond donors (Lipinski definition) is 2. The molecule has 7 heteroatoms. The number of hydrogen-bond acceptors (Lipinski definition) is 4. The van der Waals surface area contributed by atoms with Gasteiger partial charge >= 0.3 is 6.09 Å². The Bertz CT molecular complexity index is 755. The van der Waals surface area contributed by atoms with Crippen molar-refractivity contribution in [3.8, 4) is 17.6 Å². The van der Waals surface area contributed by atoms with E-state index in [0.29, 0.717) is 17.9 Å². The maximum Gasteiger partial charge on any atom is 0.408 e. The lowest BCUT2D eigenvalue weighted by Gasteiger charge is -2.35. The van der Waals surface area contributed by atoms with Crippen molar-refractivity contribution in [2.45, 2.75) is 71.2 Å². The summed E-state index contributed by atoms with van der Waals surface area (Å²) in [5.41, 5.74) is -0.0221. The molecule has 5 nitrogen and oxygen atoms in total. The summed E-state index contributed by atoms with van der Waals surface area (Å²) in [5.74, 6) is 5.68. The first kappa shape index (κ1) is 25.0. The minimum absolute atomic E-state index is 0.107. The van der Waals surface area contributed by atoms with Crippen LogP contribution in [-0.2, 0) is 4.74 Å². The van der Waals surface area contributed by atoms with E-state index in [4.69, 9.17) is 9.47 Å². The van der Waals surface area contributed by atoms with E-state index in [9.17, 15) is 14.0 Å². The van der Waals surface area contributed by atoms with Crippen molar-refractivity contribution < 1.29 is 23.5 Å². The van der Waals surface area contributed by atoms with Crippen LogP contribution in [0, 0.1) is 17.7 Å². The smallest absolute Gasteiger partial charge is 0.408 e. The van der Waals surface area contributed by atoms with Crippen LogP contribution in [0.1, 0.15) is 53.0 Å². The van der Waals surface area contributed by atoms with Gasteiger partial charge in [0.05, 0.1) is 18.7 Å². The average Bonchev–Trinajstić information content (AvgIpc) is 2.54. The van der Waals surface area contributed by atoms with Crippen LogP contribution < -0.4 is 10.1 Å². The van der Waals surface area contributed by atoms with Crippen molar-refractivity contribution in [1.29, 1.82) is 0 Å². The van der Waals surface area contributed by atoms with Crippen LogP contribution in [0.15, 0.2) is 18.2 Å². The van der Waals surface area contributed by atoms with Gasteiger partial charge < -0.3 is 19.6 Å². The molecule has 0 saturated carbocycles. The van der Waals surface area contributed by atoms with Crippen molar-refractivity contribution >= 4 is 14.4 Å². The van der Waals surface area contributed by atoms with Crippen LogP contribution in [-0.4, -0.2) is 38.0 Å². The van der Waals surface area contributed by atoms with E-state index in [1.807, 2.05) is 13.1 Å². The SMILES string of the molecule is CC(C)(C)OC(=O)NCC#Cc1ccc(F)cc1OCCCC(C)(C)[Si](C)(C)O. The Morgan fingerprint density at radius 2 is 1.90 bits per heavy atom. The van der Waals surface area contributed by atoms with Gasteiger partial charge in [-0.2, -0.15) is 0 Å². The fourth-order valence-corrected chi connectivity index (χ4v) is 3.08. The molecule has 0 bridgehead atoms. The normalized spacial score (nSPS) is 12.0. The van der Waals surface area contributed by atoms with E-state index < -0.39 is 25.8 Å². The van der Waals surface area contributed by atoms with E-state index in [2.05, 4.69) is 31.0 Å². The van der Waals surface area contributed by atoms with E-state index in [1.54, 1.807) is 26.8 Å². The number of ether oxygens (including phenoxy) is 2. The van der Waals surface area contributed by atoms with Gasteiger partial charge in [0.25, 0.3) is 0 Å². The summed E-state index contributed by atoms with van der Waals surface area (Å²) in [5, 5.41) is 2.42. The van der Waals surface area contributed by atoms with E-state index in [-0.39, 0.29) is 11.6 Å². The molecule has 0 aliphatic carbocycles. The molecule has 29 heavy (non-hydrogen) atoms. The summed E-state index contributed by atoms with van der Waals surface area (Å²) in [6.45, 7) is 13.9. The number of carbonyl (C=O) groups excluding carboxylic acids is 1. The van der Waals surface area contributed by atoms with Crippen LogP contribution in [0.2, 0.25) is 18.1 Å². The largest absolute Gasteiger partial charge is 0.492 e. The fourth-order valence-electron chi connectivity index (χ4n) is 2.29. The van der Waals surface area contributed by atoms with Gasteiger partial charge in [-0.15, -0.1) is 0 Å². The monoisotopic (exact) mass is 423 g/mol. The van der Waals surface area contributed by atoms with Crippen molar-refractivity contribution in [1.82, 2.24) is 5.32 Å². The van der Waals surface area contributed by atoms with Crippen molar-refractivity contribution in [2.24, 2.45) is 0 Å². The Balaban J connectivity index is 2.64. The third kappa shape index (κ3) is 9.33. The second-order valence-electron chi connectivity index (χ2n) is 9.19. The highest BCUT2D eigenvalue weighted by Crippen LogP contribution is 2.39. The van der Waals surface area contributed by atoms with Crippen LogP contribution >= 0.6 is 0 Å². The van der Waals surface area contributed by atoms with Gasteiger partial charge in [0.15, 0.2) is 8.32 Å². The Labute approximate surface area is 175 Å². The molecule has 0 aliphatic heterocycles. The number of nitrogens with one attached hydrogen (secondary N) is 1. The predicted octanol–water partition coefficient (Wildman–Crippen LogP) is 4.84. The third-order valence-electron chi connectivity index (χ3n) is 4.75. The second kappa shape index (κ2) is 10.1. The summed E-state index contributed by atoms with van der Waals surface area (Å²) < 4.78 is 24.5. The van der Waals surface area contributed by atoms with E-state index >= 15 is 0 Å². The molecule has 0 radical (unpaired) electrons. The van der Waals surface area contributed by atoms with Gasteiger partial charge in [-0.25, -0.2) is 9.18 Å². The summed E-state index contributed by atoms with van der Waals surface area (Å²) >= 11 is 0. The Morgan fingerprint density at radius 1 is 1.24 bits per heavy atom. The molecule has 0 aromatic heterocycles. The molecule has 0 saturated heterocycles. The topological polar surface area (TPSA) is 67.8 Å². The zero-order chi connectivity index (χ0) is 22.3. The predicted molar refractivity (Wildman–Crippen MR) is 116 cm³/mol. The fraction of sp³-hybridized carbons (Fsp3) is 0.591. The minimum atomic E-state index is -2.26. The minimum Gasteiger partial charge on any atom is -0.492 e. The zero-order valence-corrected chi connectivity index (χ0v) is 19.6. The summed E-state index contributed by atoms with van der Waals surface area (Å²) in [6.07, 6.45) is 1.02. The Morgan fingerprint density at radius 3 is 2.48 bits per heavy atom. The highest BCUT2D eigenvalue weighted by Gasteiger charge is 2.37. The average molecular weight is 424 g/mol. The van der Waals surface area contributed by atoms with Crippen LogP contribution in [0.25, 0.3) is 0 Å². The van der Waals surface area contributed by atoms with Crippen molar-refractivity contribution in [2.75, 3.05) is 13.2 Å². The zero-order valence-electron chi connectivity index (χ0n) is 18.6. The van der Waals surface area contributed by atoms with Gasteiger partial charge in [0.2, 0.25) is 0 Å². The van der Waals surface area contributed by atoms with Gasteiger partial charge in [-0.05, 0) is 63.9 Å². The van der Waals surface area contributed by atoms with Crippen LogP contribution in [0.3, 0.4) is 0 Å². The highest BCUT2D eigenvalue weighted by atomic mass is 28.4. The standard InChI is InChI=1S/C22H34FNO4Si/c1-21(2,3)28-20(25)24-14-8-10-17-11-12-18(23)16-19(17)27-15-9-13-22(4,5)29(6,7)26/h11-12,16,26H,9,13-15H2,1-7H3,(H,24,25). The second-order valence-corrected chi connectivity index (χ2v) is 13.7. The van der Waals surface area contributed by atoms with Gasteiger partial charge in [-0.1, -0.05) is 25.7 Å². The molecule has 2 N–H and O–H groups in total. The maximum atomic E-state index is 13.6. The molecular weight excluding hydrogens is 389 g/mol. The molecule has 0 aliphatic rings. The number of benzene rings is 1. The first-order valence-corrected chi connectivity index (χ1v) is 12.8. The molecule has 0 spiro atoms. The molecule has 0 fully saturated rings. The lowest BCUT2D eigenvalue weighted by molar-refractivity contribution is 0.0535. The summed E-state index contributed by atoms with van der Waals surface area (Å²) in [7, 11) is -2.26. The lowest BCUT2D eigenvalue weighted by Crippen LogP contribution is -2.39. The molecular formula is C22H34FNO4Si. The molecule has 1 rings (SSSR count). The lowest BCUT2D eigenvalue weighted by atomic mass is 10.1. The first-order valence-electron chi connectivity index (χ1n) is 9.82. The maximum absolute atomic E-state index is 13.6. The highest BCUT2D eigenvalue weighted by molar-refractivity contribution is 6.72. The van der Waals surface area contributed by atoms with Gasteiger partial charge in [-0.3, -0.25) is 0 Å². The molecule has 0 heterocycles. The number of rotatable bonds is 7. The van der Waals surface area contributed by atoms with Crippen molar-refractivity contribution in [3.63, 3.8) is 0 Å².